The molecular weight excluding hydrogens is 338 g/mol. The third-order valence-corrected chi connectivity index (χ3v) is 4.12. The number of carbonyl (C=O) groups excluding carboxylic acids is 2. The number of amides is 1. The second kappa shape index (κ2) is 7.36. The highest BCUT2D eigenvalue weighted by Gasteiger charge is 2.08. The molecule has 1 N–H and O–H groups in total. The summed E-state index contributed by atoms with van der Waals surface area (Å²) >= 11 is 4.79. The summed E-state index contributed by atoms with van der Waals surface area (Å²) in [5.41, 5.74) is 0.758. The number of anilines is 1. The molecule has 0 saturated heterocycles. The lowest BCUT2D eigenvalue weighted by Crippen LogP contribution is -2.11. The van der Waals surface area contributed by atoms with Gasteiger partial charge in [-0.15, -0.1) is 11.3 Å². The maximum absolute atomic E-state index is 11.8. The number of thiophene rings is 1. The summed E-state index contributed by atoms with van der Waals surface area (Å²) in [5.74, 6) is 0.0392. The lowest BCUT2D eigenvalue weighted by atomic mass is 10.1. The van der Waals surface area contributed by atoms with Crippen molar-refractivity contribution in [1.82, 2.24) is 0 Å². The van der Waals surface area contributed by atoms with E-state index in [-0.39, 0.29) is 11.7 Å². The summed E-state index contributed by atoms with van der Waals surface area (Å²) in [4.78, 5) is 24.3. The Morgan fingerprint density at radius 2 is 2.00 bits per heavy atom. The Balaban J connectivity index is 1.74. The standard InChI is InChI=1S/C15H14BrNO2S/c16-11-4-1-5-12(10-11)17-15(19)8-2-6-13(18)14-7-3-9-20-14/h1,3-5,7,9-10H,2,6,8H2,(H,17,19). The molecule has 0 unspecified atom stereocenters. The fourth-order valence-corrected chi connectivity index (χ4v) is 2.85. The van der Waals surface area contributed by atoms with Crippen LogP contribution in [0.3, 0.4) is 0 Å². The van der Waals surface area contributed by atoms with E-state index in [9.17, 15) is 9.59 Å². The monoisotopic (exact) mass is 351 g/mol. The van der Waals surface area contributed by atoms with Gasteiger partial charge in [0.2, 0.25) is 5.91 Å². The molecule has 0 fully saturated rings. The smallest absolute Gasteiger partial charge is 0.224 e. The van der Waals surface area contributed by atoms with Crippen LogP contribution in [0.25, 0.3) is 0 Å². The number of carbonyl (C=O) groups is 2. The van der Waals surface area contributed by atoms with Crippen LogP contribution in [-0.4, -0.2) is 11.7 Å². The van der Waals surface area contributed by atoms with Crippen LogP contribution in [0.1, 0.15) is 28.9 Å². The van der Waals surface area contributed by atoms with Crippen LogP contribution in [0.4, 0.5) is 5.69 Å². The van der Waals surface area contributed by atoms with Crippen LogP contribution < -0.4 is 5.32 Å². The van der Waals surface area contributed by atoms with E-state index < -0.39 is 0 Å². The zero-order chi connectivity index (χ0) is 14.4. The lowest BCUT2D eigenvalue weighted by molar-refractivity contribution is -0.116. The number of halogens is 1. The number of hydrogen-bond acceptors (Lipinski definition) is 3. The maximum atomic E-state index is 11.8. The largest absolute Gasteiger partial charge is 0.326 e. The molecule has 1 amide bonds. The molecule has 1 aromatic heterocycles. The van der Waals surface area contributed by atoms with Crippen LogP contribution in [-0.2, 0) is 4.79 Å². The highest BCUT2D eigenvalue weighted by Crippen LogP contribution is 2.16. The van der Waals surface area contributed by atoms with Crippen LogP contribution in [0.15, 0.2) is 46.3 Å². The SMILES string of the molecule is O=C(CCCC(=O)c1cccs1)Nc1cccc(Br)c1. The molecule has 20 heavy (non-hydrogen) atoms. The molecule has 0 spiro atoms. The number of rotatable bonds is 6. The molecule has 2 aromatic rings. The fourth-order valence-electron chi connectivity index (χ4n) is 1.76. The van der Waals surface area contributed by atoms with Gasteiger partial charge in [0, 0.05) is 23.0 Å². The quantitative estimate of drug-likeness (QED) is 0.778. The lowest BCUT2D eigenvalue weighted by Gasteiger charge is -2.05. The second-order valence-electron chi connectivity index (χ2n) is 4.31. The summed E-state index contributed by atoms with van der Waals surface area (Å²) in [6.45, 7) is 0. The number of ketones is 1. The average Bonchev–Trinajstić information content (AvgIpc) is 2.92. The topological polar surface area (TPSA) is 46.2 Å². The van der Waals surface area contributed by atoms with E-state index in [2.05, 4.69) is 21.2 Å². The van der Waals surface area contributed by atoms with Gasteiger partial charge in [0.25, 0.3) is 0 Å². The maximum Gasteiger partial charge on any atom is 0.224 e. The molecule has 2 rings (SSSR count). The van der Waals surface area contributed by atoms with Gasteiger partial charge in [0.1, 0.15) is 0 Å². The van der Waals surface area contributed by atoms with Crippen molar-refractivity contribution in [2.24, 2.45) is 0 Å². The molecule has 0 aliphatic rings. The molecule has 3 nitrogen and oxygen atoms in total. The summed E-state index contributed by atoms with van der Waals surface area (Å²) in [6.07, 6.45) is 1.33. The van der Waals surface area contributed by atoms with Gasteiger partial charge in [-0.05, 0) is 36.1 Å². The van der Waals surface area contributed by atoms with E-state index in [1.54, 1.807) is 0 Å². The summed E-state index contributed by atoms with van der Waals surface area (Å²) in [5, 5.41) is 4.70. The Labute approximate surface area is 130 Å². The van der Waals surface area contributed by atoms with Crippen molar-refractivity contribution in [2.75, 3.05) is 5.32 Å². The highest BCUT2D eigenvalue weighted by molar-refractivity contribution is 9.10. The number of Topliss-reactive ketones (excluding diaryl/α,β-unsaturated/α-hetero) is 1. The Bertz CT molecular complexity index is 596. The average molecular weight is 352 g/mol. The minimum absolute atomic E-state index is 0.0675. The van der Waals surface area contributed by atoms with Gasteiger partial charge in [-0.3, -0.25) is 9.59 Å². The van der Waals surface area contributed by atoms with Gasteiger partial charge in [0.15, 0.2) is 5.78 Å². The van der Waals surface area contributed by atoms with Gasteiger partial charge in [-0.1, -0.05) is 28.1 Å². The van der Waals surface area contributed by atoms with Crippen molar-refractivity contribution in [1.29, 1.82) is 0 Å². The minimum atomic E-state index is -0.0675. The van der Waals surface area contributed by atoms with E-state index in [4.69, 9.17) is 0 Å². The van der Waals surface area contributed by atoms with E-state index in [0.29, 0.717) is 19.3 Å². The first-order chi connectivity index (χ1) is 9.65. The van der Waals surface area contributed by atoms with Crippen molar-refractivity contribution in [3.63, 3.8) is 0 Å². The van der Waals surface area contributed by atoms with E-state index in [1.807, 2.05) is 41.8 Å². The predicted molar refractivity (Wildman–Crippen MR) is 85.3 cm³/mol. The number of hydrogen-bond donors (Lipinski definition) is 1. The summed E-state index contributed by atoms with van der Waals surface area (Å²) < 4.78 is 0.920. The Morgan fingerprint density at radius 3 is 2.70 bits per heavy atom. The van der Waals surface area contributed by atoms with Gasteiger partial charge in [-0.25, -0.2) is 0 Å². The molecule has 0 saturated carbocycles. The predicted octanol–water partition coefficient (Wildman–Crippen LogP) is 4.50. The Kier molecular flexibility index (Phi) is 5.49. The number of nitrogens with one attached hydrogen (secondary N) is 1. The van der Waals surface area contributed by atoms with Crippen molar-refractivity contribution < 1.29 is 9.59 Å². The normalized spacial score (nSPS) is 10.2. The summed E-state index contributed by atoms with van der Waals surface area (Å²) in [6, 6.07) is 11.1. The first-order valence-electron chi connectivity index (χ1n) is 6.27. The van der Waals surface area contributed by atoms with Crippen molar-refractivity contribution in [3.8, 4) is 0 Å². The molecule has 5 heteroatoms. The van der Waals surface area contributed by atoms with Gasteiger partial charge < -0.3 is 5.32 Å². The number of benzene rings is 1. The van der Waals surface area contributed by atoms with Crippen molar-refractivity contribution in [2.45, 2.75) is 19.3 Å². The summed E-state index contributed by atoms with van der Waals surface area (Å²) in [7, 11) is 0. The third-order valence-electron chi connectivity index (χ3n) is 2.71. The first kappa shape index (κ1) is 14.9. The van der Waals surface area contributed by atoms with E-state index in [1.165, 1.54) is 11.3 Å². The fraction of sp³-hybridized carbons (Fsp3) is 0.200. The first-order valence-corrected chi connectivity index (χ1v) is 7.94. The van der Waals surface area contributed by atoms with E-state index >= 15 is 0 Å². The van der Waals surface area contributed by atoms with E-state index in [0.717, 1.165) is 15.0 Å². The van der Waals surface area contributed by atoms with Gasteiger partial charge in [-0.2, -0.15) is 0 Å². The third kappa shape index (κ3) is 4.58. The Morgan fingerprint density at radius 1 is 1.15 bits per heavy atom. The molecule has 0 bridgehead atoms. The van der Waals surface area contributed by atoms with Crippen LogP contribution in [0.5, 0.6) is 0 Å². The molecule has 104 valence electrons. The molecule has 0 radical (unpaired) electrons. The van der Waals surface area contributed by atoms with Crippen LogP contribution >= 0.6 is 27.3 Å². The molecule has 0 aliphatic heterocycles. The van der Waals surface area contributed by atoms with Crippen molar-refractivity contribution >= 4 is 44.6 Å². The van der Waals surface area contributed by atoms with Gasteiger partial charge >= 0.3 is 0 Å². The zero-order valence-electron chi connectivity index (χ0n) is 10.8. The van der Waals surface area contributed by atoms with Crippen LogP contribution in [0.2, 0.25) is 0 Å². The Hall–Kier alpha value is -1.46. The molecule has 0 atom stereocenters. The highest BCUT2D eigenvalue weighted by atomic mass is 79.9. The molecule has 1 heterocycles. The molecular formula is C15H14BrNO2S. The van der Waals surface area contributed by atoms with Gasteiger partial charge in [0.05, 0.1) is 4.88 Å². The second-order valence-corrected chi connectivity index (χ2v) is 6.18. The van der Waals surface area contributed by atoms with Crippen LogP contribution in [0, 0.1) is 0 Å². The minimum Gasteiger partial charge on any atom is -0.326 e. The van der Waals surface area contributed by atoms with Crippen molar-refractivity contribution in [3.05, 3.63) is 51.1 Å². The molecule has 1 aromatic carbocycles. The zero-order valence-corrected chi connectivity index (χ0v) is 13.2. The molecule has 0 aliphatic carbocycles.